The lowest BCUT2D eigenvalue weighted by Crippen LogP contribution is -2.11. The molecule has 0 aliphatic rings. The molecular weight excluding hydrogens is 263 g/mol. The molecule has 0 aliphatic heterocycles. The Morgan fingerprint density at radius 3 is 2.38 bits per heavy atom. The van der Waals surface area contributed by atoms with Crippen LogP contribution in [0, 0.1) is 0 Å². The molecule has 5 heteroatoms. The molecule has 0 saturated carbocycles. The number of unbranched alkanes of at least 4 members (excludes halogenated alkanes) is 4. The summed E-state index contributed by atoms with van der Waals surface area (Å²) in [5, 5.41) is 0. The summed E-state index contributed by atoms with van der Waals surface area (Å²) in [6, 6.07) is 0. The summed E-state index contributed by atoms with van der Waals surface area (Å²) < 4.78 is 4.40. The lowest BCUT2D eigenvalue weighted by atomic mass is 10.1. The molecule has 0 amide bonds. The summed E-state index contributed by atoms with van der Waals surface area (Å²) in [6.07, 6.45) is 7.40. The Hall–Kier alpha value is 0.00688. The Balaban J connectivity index is 3.16. The highest BCUT2D eigenvalue weighted by molar-refractivity contribution is 6.65. The van der Waals surface area contributed by atoms with Crippen molar-refractivity contribution in [2.75, 3.05) is 6.61 Å². The number of esters is 1. The minimum absolute atomic E-state index is 0.343. The highest BCUT2D eigenvalue weighted by Crippen LogP contribution is 2.23. The van der Waals surface area contributed by atoms with Crippen molar-refractivity contribution in [1.82, 2.24) is 0 Å². The van der Waals surface area contributed by atoms with Crippen molar-refractivity contribution in [2.45, 2.75) is 42.5 Å². The molecule has 0 bridgehead atoms. The zero-order chi connectivity index (χ0) is 12.4. The molecule has 0 aromatic heterocycles. The molecule has 0 aromatic rings. The molecule has 94 valence electrons. The summed E-state index contributed by atoms with van der Waals surface area (Å²) >= 11 is 11.8. The van der Waals surface area contributed by atoms with Crippen molar-refractivity contribution in [1.29, 1.82) is 0 Å². The van der Waals surface area contributed by atoms with Crippen molar-refractivity contribution in [2.24, 2.45) is 0 Å². The van der Waals surface area contributed by atoms with Gasteiger partial charge in [-0.15, -0.1) is 23.2 Å². The Morgan fingerprint density at radius 1 is 1.25 bits per heavy atom. The van der Waals surface area contributed by atoms with Crippen LogP contribution < -0.4 is 0 Å². The fourth-order valence-electron chi connectivity index (χ4n) is 1.30. The number of hydrogen-bond acceptors (Lipinski definition) is 2. The molecule has 0 heterocycles. The van der Waals surface area contributed by atoms with Gasteiger partial charge in [0.1, 0.15) is 0 Å². The third kappa shape index (κ3) is 12.1. The normalized spacial score (nSPS) is 11.4. The van der Waals surface area contributed by atoms with Crippen molar-refractivity contribution in [3.8, 4) is 0 Å². The molecule has 0 saturated heterocycles. The average Bonchev–Trinajstić information content (AvgIpc) is 2.20. The first-order valence-electron chi connectivity index (χ1n) is 5.63. The highest BCUT2D eigenvalue weighted by Gasteiger charge is 2.14. The van der Waals surface area contributed by atoms with E-state index in [1.807, 2.05) is 0 Å². The van der Waals surface area contributed by atoms with E-state index in [0.29, 0.717) is 6.61 Å². The number of rotatable bonds is 9. The molecule has 0 spiro atoms. The van der Waals surface area contributed by atoms with Gasteiger partial charge in [-0.1, -0.05) is 32.3 Å². The molecular formula is C11H20Cl2O2Si. The topological polar surface area (TPSA) is 26.3 Å². The number of halogens is 2. The Kier molecular flexibility index (Phi) is 9.08. The smallest absolute Gasteiger partial charge is 0.330 e. The molecule has 0 fully saturated rings. The van der Waals surface area contributed by atoms with Crippen molar-refractivity contribution < 1.29 is 9.53 Å². The molecule has 0 atom stereocenters. The van der Waals surface area contributed by atoms with Gasteiger partial charge in [-0.05, 0) is 12.8 Å². The highest BCUT2D eigenvalue weighted by atomic mass is 35.5. The van der Waals surface area contributed by atoms with Gasteiger partial charge in [-0.2, -0.15) is 0 Å². The van der Waals surface area contributed by atoms with Gasteiger partial charge >= 0.3 is 5.97 Å². The number of carbonyl (C=O) groups is 1. The van der Waals surface area contributed by atoms with Crippen LogP contribution in [0.2, 0.25) is 0 Å². The maximum absolute atomic E-state index is 10.7. The number of carbonyl (C=O) groups excluding carboxylic acids is 1. The van der Waals surface area contributed by atoms with Crippen LogP contribution in [0.5, 0.6) is 0 Å². The molecule has 0 N–H and O–H groups in total. The largest absolute Gasteiger partial charge is 0.463 e. The van der Waals surface area contributed by atoms with E-state index in [9.17, 15) is 4.79 Å². The van der Waals surface area contributed by atoms with Crippen LogP contribution in [0.25, 0.3) is 0 Å². The Labute approximate surface area is 111 Å². The van der Waals surface area contributed by atoms with E-state index in [0.717, 1.165) is 48.8 Å². The predicted octanol–water partition coefficient (Wildman–Crippen LogP) is 2.55. The van der Waals surface area contributed by atoms with E-state index < -0.39 is 3.96 Å². The first-order valence-corrected chi connectivity index (χ1v) is 7.38. The van der Waals surface area contributed by atoms with Crippen molar-refractivity contribution in [3.05, 3.63) is 12.7 Å². The van der Waals surface area contributed by atoms with Crippen LogP contribution in [0.1, 0.15) is 38.5 Å². The minimum Gasteiger partial charge on any atom is -0.463 e. The second-order valence-electron chi connectivity index (χ2n) is 3.96. The summed E-state index contributed by atoms with van der Waals surface area (Å²) in [7, 11) is 0.810. The van der Waals surface area contributed by atoms with E-state index in [1.54, 1.807) is 0 Å². The van der Waals surface area contributed by atoms with E-state index in [1.165, 1.54) is 6.08 Å². The molecule has 0 aromatic carbocycles. The number of hydrogen-bond donors (Lipinski definition) is 0. The monoisotopic (exact) mass is 282 g/mol. The van der Waals surface area contributed by atoms with Crippen LogP contribution in [-0.2, 0) is 9.53 Å². The van der Waals surface area contributed by atoms with Gasteiger partial charge in [0.2, 0.25) is 0 Å². The Bertz CT molecular complexity index is 215. The third-order valence-electron chi connectivity index (χ3n) is 2.17. The average molecular weight is 283 g/mol. The van der Waals surface area contributed by atoms with Gasteiger partial charge < -0.3 is 4.74 Å². The van der Waals surface area contributed by atoms with Gasteiger partial charge in [-0.25, -0.2) is 4.79 Å². The minimum atomic E-state index is -0.459. The zero-order valence-electron chi connectivity index (χ0n) is 9.81. The van der Waals surface area contributed by atoms with Gasteiger partial charge in [0.25, 0.3) is 0 Å². The van der Waals surface area contributed by atoms with E-state index in [4.69, 9.17) is 27.9 Å². The summed E-state index contributed by atoms with van der Waals surface area (Å²) in [6.45, 7) is 3.81. The van der Waals surface area contributed by atoms with Crippen LogP contribution in [0.15, 0.2) is 12.7 Å². The van der Waals surface area contributed by atoms with Crippen LogP contribution >= 0.6 is 23.2 Å². The fourth-order valence-corrected chi connectivity index (χ4v) is 1.92. The van der Waals surface area contributed by atoms with Crippen LogP contribution in [0.4, 0.5) is 0 Å². The Morgan fingerprint density at radius 2 is 1.81 bits per heavy atom. The number of ether oxygens (including phenoxy) is 1. The third-order valence-corrected chi connectivity index (χ3v) is 3.05. The predicted molar refractivity (Wildman–Crippen MR) is 73.2 cm³/mol. The first kappa shape index (κ1) is 16.0. The van der Waals surface area contributed by atoms with Gasteiger partial charge in [-0.3, -0.25) is 0 Å². The SMILES string of the molecule is C=CC(=O)OCCCCCCCC([SiH3])(Cl)Cl. The quantitative estimate of drug-likeness (QED) is 0.214. The number of alkyl halides is 2. The lowest BCUT2D eigenvalue weighted by molar-refractivity contribution is -0.137. The van der Waals surface area contributed by atoms with Crippen molar-refractivity contribution in [3.63, 3.8) is 0 Å². The molecule has 16 heavy (non-hydrogen) atoms. The van der Waals surface area contributed by atoms with Gasteiger partial charge in [0.05, 0.1) is 10.6 Å². The van der Waals surface area contributed by atoms with Crippen molar-refractivity contribution >= 4 is 39.4 Å². The zero-order valence-corrected chi connectivity index (χ0v) is 13.3. The summed E-state index contributed by atoms with van der Waals surface area (Å²) in [5.74, 6) is -0.343. The van der Waals surface area contributed by atoms with Gasteiger partial charge in [0, 0.05) is 16.3 Å². The first-order chi connectivity index (χ1) is 7.45. The van der Waals surface area contributed by atoms with Crippen LogP contribution in [0.3, 0.4) is 0 Å². The maximum Gasteiger partial charge on any atom is 0.330 e. The maximum atomic E-state index is 10.7. The van der Waals surface area contributed by atoms with Gasteiger partial charge in [0.15, 0.2) is 0 Å². The second kappa shape index (κ2) is 9.08. The summed E-state index contributed by atoms with van der Waals surface area (Å²) in [5.41, 5.74) is 0. The van der Waals surface area contributed by atoms with Crippen LogP contribution in [-0.4, -0.2) is 26.8 Å². The van der Waals surface area contributed by atoms with E-state index in [-0.39, 0.29) is 5.97 Å². The van der Waals surface area contributed by atoms with E-state index in [2.05, 4.69) is 6.58 Å². The fraction of sp³-hybridized carbons (Fsp3) is 0.727. The lowest BCUT2D eigenvalue weighted by Gasteiger charge is -2.12. The molecule has 2 nitrogen and oxygen atoms in total. The van der Waals surface area contributed by atoms with E-state index >= 15 is 0 Å². The standard InChI is InChI=1S/C11H20Cl2O2Si/c1-2-10(14)15-9-7-5-3-4-6-8-11(12,13)16/h2H,1,3-9H2,16H3. The molecule has 0 radical (unpaired) electrons. The molecule has 0 aliphatic carbocycles. The molecule has 0 unspecified atom stereocenters. The summed E-state index contributed by atoms with van der Waals surface area (Å²) in [4.78, 5) is 10.7. The molecule has 0 rings (SSSR count). The second-order valence-corrected chi connectivity index (χ2v) is 8.80.